The first-order chi connectivity index (χ1) is 11.0. The Morgan fingerprint density at radius 1 is 1.00 bits per heavy atom. The highest BCUT2D eigenvalue weighted by Gasteiger charge is 2.31. The van der Waals surface area contributed by atoms with Crippen LogP contribution in [-0.2, 0) is 4.79 Å². The van der Waals surface area contributed by atoms with Crippen LogP contribution in [0.3, 0.4) is 0 Å². The Hall–Kier alpha value is -1.71. The van der Waals surface area contributed by atoms with Gasteiger partial charge in [-0.15, -0.1) is 0 Å². The number of hydrogen-bond acceptors (Lipinski definition) is 8. The molecule has 4 atom stereocenters. The van der Waals surface area contributed by atoms with Gasteiger partial charge in [-0.2, -0.15) is 0 Å². The van der Waals surface area contributed by atoms with Gasteiger partial charge in [0.05, 0.1) is 18.5 Å². The van der Waals surface area contributed by atoms with Gasteiger partial charge < -0.3 is 31.1 Å². The van der Waals surface area contributed by atoms with Crippen molar-refractivity contribution in [3.63, 3.8) is 0 Å². The molecule has 134 valence electrons. The number of nitrogens with zero attached hydrogens (tertiary/aromatic N) is 2. The summed E-state index contributed by atoms with van der Waals surface area (Å²) in [5.41, 5.74) is 0. The highest BCUT2D eigenvalue weighted by atomic mass is 16.4. The van der Waals surface area contributed by atoms with Gasteiger partial charge in [-0.25, -0.2) is 0 Å². The number of nitrogens with one attached hydrogen (secondary N) is 1. The van der Waals surface area contributed by atoms with E-state index >= 15 is 0 Å². The summed E-state index contributed by atoms with van der Waals surface area (Å²) < 4.78 is 0. The maximum Gasteiger partial charge on any atom is 0.220 e. The summed E-state index contributed by atoms with van der Waals surface area (Å²) in [5, 5.41) is 53.6. The van der Waals surface area contributed by atoms with Crippen LogP contribution in [-0.4, -0.2) is 68.4 Å². The van der Waals surface area contributed by atoms with Crippen LogP contribution in [0.1, 0.15) is 45.4 Å². The predicted molar refractivity (Wildman–Crippen MR) is 83.9 cm³/mol. The van der Waals surface area contributed by atoms with Crippen molar-refractivity contribution in [2.75, 3.05) is 0 Å². The first kappa shape index (κ1) is 21.3. The number of aliphatic hydroxyl groups excluding tert-OH is 3. The van der Waals surface area contributed by atoms with Crippen molar-refractivity contribution < 1.29 is 30.5 Å². The van der Waals surface area contributed by atoms with Gasteiger partial charge >= 0.3 is 0 Å². The van der Waals surface area contributed by atoms with E-state index in [4.69, 9.17) is 10.4 Å². The molecule has 9 nitrogen and oxygen atoms in total. The molecule has 0 bridgehead atoms. The van der Waals surface area contributed by atoms with Crippen molar-refractivity contribution in [2.24, 2.45) is 10.3 Å². The monoisotopic (exact) mass is 333 g/mol. The average molecular weight is 333 g/mol. The summed E-state index contributed by atoms with van der Waals surface area (Å²) in [4.78, 5) is 11.8. The van der Waals surface area contributed by atoms with E-state index < -0.39 is 24.4 Å². The summed E-state index contributed by atoms with van der Waals surface area (Å²) in [6, 6.07) is -1.19. The molecule has 9 heteroatoms. The zero-order valence-corrected chi connectivity index (χ0v) is 13.2. The van der Waals surface area contributed by atoms with Gasteiger partial charge in [0.25, 0.3) is 0 Å². The Balaban J connectivity index is 4.46. The zero-order valence-electron chi connectivity index (χ0n) is 13.2. The van der Waals surface area contributed by atoms with Gasteiger partial charge in [0.2, 0.25) is 5.91 Å². The minimum Gasteiger partial charge on any atom is -0.411 e. The van der Waals surface area contributed by atoms with E-state index in [1.165, 1.54) is 0 Å². The number of unbranched alkanes of at least 4 members (excludes halogenated alkanes) is 4. The van der Waals surface area contributed by atoms with E-state index in [-0.39, 0.29) is 12.3 Å². The van der Waals surface area contributed by atoms with Crippen LogP contribution in [0.25, 0.3) is 0 Å². The lowest BCUT2D eigenvalue weighted by Crippen LogP contribution is -2.53. The van der Waals surface area contributed by atoms with Crippen molar-refractivity contribution >= 4 is 18.3 Å². The van der Waals surface area contributed by atoms with Gasteiger partial charge in [-0.3, -0.25) is 4.79 Å². The van der Waals surface area contributed by atoms with Crippen LogP contribution in [0, 0.1) is 0 Å². The first-order valence-corrected chi connectivity index (χ1v) is 7.66. The summed E-state index contributed by atoms with van der Waals surface area (Å²) in [6.45, 7) is 2.09. The fraction of sp³-hybridized carbons (Fsp3) is 0.786. The lowest BCUT2D eigenvalue weighted by atomic mass is 10.0. The highest BCUT2D eigenvalue weighted by Crippen LogP contribution is 2.07. The number of oxime groups is 2. The third kappa shape index (κ3) is 9.11. The summed E-state index contributed by atoms with van der Waals surface area (Å²) in [5.74, 6) is -0.372. The second-order valence-corrected chi connectivity index (χ2v) is 5.26. The molecule has 0 aliphatic carbocycles. The van der Waals surface area contributed by atoms with Crippen LogP contribution in [0.15, 0.2) is 10.3 Å². The fourth-order valence-corrected chi connectivity index (χ4v) is 2.00. The number of hydrogen-bond donors (Lipinski definition) is 6. The van der Waals surface area contributed by atoms with Gasteiger partial charge in [0.15, 0.2) is 0 Å². The quantitative estimate of drug-likeness (QED) is 0.126. The number of carbonyl (C=O) groups excluding carboxylic acids is 1. The van der Waals surface area contributed by atoms with E-state index in [2.05, 4.69) is 22.6 Å². The molecule has 0 spiro atoms. The molecule has 0 fully saturated rings. The molecule has 0 unspecified atom stereocenters. The highest BCUT2D eigenvalue weighted by molar-refractivity contribution is 5.81. The minimum absolute atomic E-state index is 0.239. The van der Waals surface area contributed by atoms with Gasteiger partial charge in [0.1, 0.15) is 18.3 Å². The molecule has 0 aromatic heterocycles. The van der Waals surface area contributed by atoms with Crippen molar-refractivity contribution in [1.82, 2.24) is 5.32 Å². The average Bonchev–Trinajstić information content (AvgIpc) is 2.53. The topological polar surface area (TPSA) is 155 Å². The molecule has 1 amide bonds. The largest absolute Gasteiger partial charge is 0.411 e. The third-order valence-electron chi connectivity index (χ3n) is 3.35. The molecule has 0 saturated heterocycles. The minimum atomic E-state index is -1.74. The molecular weight excluding hydrogens is 306 g/mol. The van der Waals surface area contributed by atoms with Gasteiger partial charge in [0, 0.05) is 6.42 Å². The molecule has 0 radical (unpaired) electrons. The number of aliphatic hydroxyl groups is 3. The fourth-order valence-electron chi connectivity index (χ4n) is 2.00. The molecule has 0 heterocycles. The smallest absolute Gasteiger partial charge is 0.220 e. The van der Waals surface area contributed by atoms with Crippen LogP contribution >= 0.6 is 0 Å². The molecule has 0 rings (SSSR count). The van der Waals surface area contributed by atoms with E-state index in [0.29, 0.717) is 12.6 Å². The van der Waals surface area contributed by atoms with Crippen molar-refractivity contribution in [1.29, 1.82) is 0 Å². The second kappa shape index (κ2) is 12.8. The summed E-state index contributed by atoms with van der Waals surface area (Å²) in [7, 11) is 0. The normalized spacial score (nSPS) is 17.2. The lowest BCUT2D eigenvalue weighted by molar-refractivity contribution is -0.123. The lowest BCUT2D eigenvalue weighted by Gasteiger charge is -2.26. The van der Waals surface area contributed by atoms with E-state index in [9.17, 15) is 20.1 Å². The predicted octanol–water partition coefficient (Wildman–Crippen LogP) is -0.166. The zero-order chi connectivity index (χ0) is 17.7. The van der Waals surface area contributed by atoms with Gasteiger partial charge in [-0.05, 0) is 6.42 Å². The summed E-state index contributed by atoms with van der Waals surface area (Å²) >= 11 is 0. The molecule has 23 heavy (non-hydrogen) atoms. The first-order valence-electron chi connectivity index (χ1n) is 7.66. The number of rotatable bonds is 12. The Kier molecular flexibility index (Phi) is 11.8. The number of carbonyl (C=O) groups is 1. The van der Waals surface area contributed by atoms with Crippen molar-refractivity contribution in [2.45, 2.75) is 69.8 Å². The van der Waals surface area contributed by atoms with E-state index in [1.54, 1.807) is 0 Å². The Bertz CT molecular complexity index is 378. The third-order valence-corrected chi connectivity index (χ3v) is 3.35. The Morgan fingerprint density at radius 2 is 1.61 bits per heavy atom. The van der Waals surface area contributed by atoms with E-state index in [1.807, 2.05) is 0 Å². The standard InChI is InChI=1S/C14H27N3O6/c1-2-3-4-5-6-7-12(19)17-10(8-15-22)13(20)14(21)11(18)9-16-23/h8-11,13-14,18,20-23H,2-7H2,1H3,(H,17,19)/b15-8+,16-9+/t10-,11+,13+,14+/m0/s1. The molecule has 0 saturated carbocycles. The molecule has 0 aliphatic heterocycles. The number of amides is 1. The van der Waals surface area contributed by atoms with Crippen LogP contribution in [0.5, 0.6) is 0 Å². The maximum absolute atomic E-state index is 11.8. The van der Waals surface area contributed by atoms with Gasteiger partial charge in [-0.1, -0.05) is 42.9 Å². The SMILES string of the molecule is CCCCCCCC(=O)N[C@@H](/C=N/O)[C@@H](O)[C@H](O)[C@H](O)/C=N/O. The molecule has 6 N–H and O–H groups in total. The van der Waals surface area contributed by atoms with Crippen molar-refractivity contribution in [3.8, 4) is 0 Å². The molecule has 0 aromatic rings. The van der Waals surface area contributed by atoms with Crippen LogP contribution < -0.4 is 5.32 Å². The van der Waals surface area contributed by atoms with Crippen LogP contribution in [0.4, 0.5) is 0 Å². The molecular formula is C14H27N3O6. The molecule has 0 aliphatic rings. The Labute approximate surface area is 135 Å². The Morgan fingerprint density at radius 3 is 2.17 bits per heavy atom. The maximum atomic E-state index is 11.8. The van der Waals surface area contributed by atoms with E-state index in [0.717, 1.165) is 31.9 Å². The molecule has 0 aromatic carbocycles. The van der Waals surface area contributed by atoms with Crippen molar-refractivity contribution in [3.05, 3.63) is 0 Å². The van der Waals surface area contributed by atoms with Crippen LogP contribution in [0.2, 0.25) is 0 Å². The second-order valence-electron chi connectivity index (χ2n) is 5.26. The summed E-state index contributed by atoms with van der Waals surface area (Å²) in [6.07, 6.45) is 1.52.